The van der Waals surface area contributed by atoms with E-state index in [1.807, 2.05) is 27.8 Å². The summed E-state index contributed by atoms with van der Waals surface area (Å²) in [7, 11) is 1.83. The van der Waals surface area contributed by atoms with E-state index in [0.717, 1.165) is 23.2 Å². The minimum Gasteiger partial charge on any atom is -0.306 e. The molecule has 2 N–H and O–H groups in total. The summed E-state index contributed by atoms with van der Waals surface area (Å²) in [5.74, 6) is 0.421. The van der Waals surface area contributed by atoms with Crippen molar-refractivity contribution in [1.82, 2.24) is 29.9 Å². The maximum Gasteiger partial charge on any atom is 0.260 e. The van der Waals surface area contributed by atoms with Crippen LogP contribution in [0.15, 0.2) is 12.5 Å². The predicted molar refractivity (Wildman–Crippen MR) is 86.3 cm³/mol. The van der Waals surface area contributed by atoms with E-state index in [-0.39, 0.29) is 11.8 Å². The minimum absolute atomic E-state index is 0.130. The van der Waals surface area contributed by atoms with Crippen LogP contribution in [0.4, 0.5) is 5.82 Å². The average molecular weight is 313 g/mol. The molecular weight excluding hydrogens is 294 g/mol. The molecule has 3 aromatic heterocycles. The number of amides is 1. The summed E-state index contributed by atoms with van der Waals surface area (Å²) in [6, 6.07) is 0. The van der Waals surface area contributed by atoms with E-state index in [0.29, 0.717) is 17.0 Å². The number of hydrogen-bond acceptors (Lipinski definition) is 5. The molecule has 0 fully saturated rings. The number of aromatic amines is 1. The van der Waals surface area contributed by atoms with E-state index in [9.17, 15) is 4.79 Å². The Kier molecular flexibility index (Phi) is 3.81. The summed E-state index contributed by atoms with van der Waals surface area (Å²) >= 11 is 0. The first-order chi connectivity index (χ1) is 11.0. The first-order valence-corrected chi connectivity index (χ1v) is 7.54. The maximum atomic E-state index is 12.6. The molecule has 0 saturated carbocycles. The van der Waals surface area contributed by atoms with Crippen LogP contribution in [0.5, 0.6) is 0 Å². The van der Waals surface area contributed by atoms with Gasteiger partial charge in [0.1, 0.15) is 12.1 Å². The van der Waals surface area contributed by atoms with Crippen LogP contribution in [0, 0.1) is 0 Å². The Hall–Kier alpha value is -2.77. The van der Waals surface area contributed by atoms with Gasteiger partial charge < -0.3 is 5.32 Å². The summed E-state index contributed by atoms with van der Waals surface area (Å²) in [6.07, 6.45) is 3.75. The van der Waals surface area contributed by atoms with Crippen molar-refractivity contribution in [1.29, 1.82) is 0 Å². The number of aryl methyl sites for hydroxylation is 2. The second-order valence-electron chi connectivity index (χ2n) is 5.65. The zero-order valence-corrected chi connectivity index (χ0v) is 13.6. The van der Waals surface area contributed by atoms with Crippen molar-refractivity contribution in [2.45, 2.75) is 33.1 Å². The Labute approximate surface area is 133 Å². The summed E-state index contributed by atoms with van der Waals surface area (Å²) in [4.78, 5) is 20.8. The summed E-state index contributed by atoms with van der Waals surface area (Å²) in [5.41, 5.74) is 2.79. The third-order valence-corrected chi connectivity index (χ3v) is 3.72. The van der Waals surface area contributed by atoms with Crippen molar-refractivity contribution in [3.05, 3.63) is 29.5 Å². The third kappa shape index (κ3) is 2.56. The quantitative estimate of drug-likeness (QED) is 0.767. The molecule has 0 spiro atoms. The highest BCUT2D eigenvalue weighted by atomic mass is 16.1. The van der Waals surface area contributed by atoms with E-state index in [1.54, 1.807) is 4.68 Å². The van der Waals surface area contributed by atoms with Crippen LogP contribution in [-0.2, 0) is 13.5 Å². The Balaban J connectivity index is 1.98. The fourth-order valence-corrected chi connectivity index (χ4v) is 2.61. The largest absolute Gasteiger partial charge is 0.306 e. The molecule has 0 aliphatic heterocycles. The van der Waals surface area contributed by atoms with Crippen LogP contribution in [0.2, 0.25) is 0 Å². The van der Waals surface area contributed by atoms with Crippen molar-refractivity contribution in [2.24, 2.45) is 7.05 Å². The van der Waals surface area contributed by atoms with Crippen molar-refractivity contribution in [2.75, 3.05) is 5.32 Å². The molecule has 1 amide bonds. The number of nitrogens with zero attached hydrogens (tertiary/aromatic N) is 5. The topological polar surface area (TPSA) is 101 Å². The van der Waals surface area contributed by atoms with Crippen LogP contribution >= 0.6 is 0 Å². The Morgan fingerprint density at radius 2 is 2.22 bits per heavy atom. The van der Waals surface area contributed by atoms with Crippen LogP contribution in [0.1, 0.15) is 48.4 Å². The molecular formula is C15H19N7O. The van der Waals surface area contributed by atoms with E-state index >= 15 is 0 Å². The molecule has 0 aliphatic rings. The lowest BCUT2D eigenvalue weighted by Gasteiger charge is -2.10. The van der Waals surface area contributed by atoms with Gasteiger partial charge in [0.05, 0.1) is 22.3 Å². The number of fused-ring (bicyclic) bond motifs is 1. The van der Waals surface area contributed by atoms with Crippen molar-refractivity contribution in [3.63, 3.8) is 0 Å². The monoisotopic (exact) mass is 313 g/mol. The second kappa shape index (κ2) is 5.79. The molecule has 8 heteroatoms. The van der Waals surface area contributed by atoms with E-state index < -0.39 is 0 Å². The molecule has 0 unspecified atom stereocenters. The molecule has 0 atom stereocenters. The van der Waals surface area contributed by atoms with Gasteiger partial charge in [-0.3, -0.25) is 9.89 Å². The van der Waals surface area contributed by atoms with Gasteiger partial charge in [0, 0.05) is 13.2 Å². The van der Waals surface area contributed by atoms with Gasteiger partial charge in [0.2, 0.25) is 0 Å². The molecule has 3 rings (SSSR count). The van der Waals surface area contributed by atoms with Crippen LogP contribution in [0.25, 0.3) is 11.0 Å². The van der Waals surface area contributed by atoms with E-state index in [4.69, 9.17) is 0 Å². The smallest absolute Gasteiger partial charge is 0.260 e. The van der Waals surface area contributed by atoms with E-state index in [1.165, 1.54) is 12.5 Å². The van der Waals surface area contributed by atoms with E-state index in [2.05, 4.69) is 30.6 Å². The minimum atomic E-state index is -0.259. The summed E-state index contributed by atoms with van der Waals surface area (Å²) < 4.78 is 1.70. The standard InChI is InChI=1S/C15H19N7O/c1-5-10-11-13(19-20-14(11)22(4)21-10)18-15(23)9-6-16-7-17-12(9)8(2)3/h6-8H,5H2,1-4H3,(H2,18,19,20,23). The van der Waals surface area contributed by atoms with Gasteiger partial charge in [0.25, 0.3) is 5.91 Å². The highest BCUT2D eigenvalue weighted by Crippen LogP contribution is 2.25. The summed E-state index contributed by atoms with van der Waals surface area (Å²) in [5, 5.41) is 15.2. The van der Waals surface area contributed by atoms with Crippen LogP contribution in [-0.4, -0.2) is 35.9 Å². The molecule has 0 aromatic carbocycles. The fraction of sp³-hybridized carbons (Fsp3) is 0.400. The number of hydrogen-bond donors (Lipinski definition) is 2. The first kappa shape index (κ1) is 15.1. The van der Waals surface area contributed by atoms with Gasteiger partial charge in [-0.25, -0.2) is 14.6 Å². The predicted octanol–water partition coefficient (Wildman–Crippen LogP) is 2.02. The highest BCUT2D eigenvalue weighted by Gasteiger charge is 2.20. The highest BCUT2D eigenvalue weighted by molar-refractivity contribution is 6.08. The van der Waals surface area contributed by atoms with Crippen molar-refractivity contribution < 1.29 is 4.79 Å². The zero-order chi connectivity index (χ0) is 16.6. The summed E-state index contributed by atoms with van der Waals surface area (Å²) in [6.45, 7) is 6.00. The normalized spacial score (nSPS) is 11.3. The van der Waals surface area contributed by atoms with Gasteiger partial charge in [-0.15, -0.1) is 0 Å². The van der Waals surface area contributed by atoms with Gasteiger partial charge >= 0.3 is 0 Å². The maximum absolute atomic E-state index is 12.6. The lowest BCUT2D eigenvalue weighted by Crippen LogP contribution is -2.17. The zero-order valence-electron chi connectivity index (χ0n) is 13.6. The second-order valence-corrected chi connectivity index (χ2v) is 5.65. The number of nitrogens with one attached hydrogen (secondary N) is 2. The molecule has 0 radical (unpaired) electrons. The number of carbonyl (C=O) groups is 1. The molecule has 3 aromatic rings. The lowest BCUT2D eigenvalue weighted by molar-refractivity contribution is 0.102. The number of H-pyrrole nitrogens is 1. The number of carbonyl (C=O) groups excluding carboxylic acids is 1. The average Bonchev–Trinajstić information content (AvgIpc) is 3.09. The molecule has 3 heterocycles. The third-order valence-electron chi connectivity index (χ3n) is 3.72. The fourth-order valence-electron chi connectivity index (χ4n) is 2.61. The molecule has 0 aliphatic carbocycles. The number of anilines is 1. The molecule has 0 saturated heterocycles. The van der Waals surface area contributed by atoms with Crippen LogP contribution in [0.3, 0.4) is 0 Å². The Morgan fingerprint density at radius 3 is 2.91 bits per heavy atom. The lowest BCUT2D eigenvalue weighted by atomic mass is 10.0. The van der Waals surface area contributed by atoms with Crippen LogP contribution < -0.4 is 5.32 Å². The molecule has 23 heavy (non-hydrogen) atoms. The Morgan fingerprint density at radius 1 is 1.43 bits per heavy atom. The van der Waals surface area contributed by atoms with Gasteiger partial charge in [-0.05, 0) is 12.3 Å². The number of rotatable bonds is 4. The SMILES string of the molecule is CCc1nn(C)c2n[nH]c(NC(=O)c3cncnc3C(C)C)c12. The van der Waals surface area contributed by atoms with Gasteiger partial charge in [-0.1, -0.05) is 20.8 Å². The molecule has 8 nitrogen and oxygen atoms in total. The van der Waals surface area contributed by atoms with Gasteiger partial charge in [-0.2, -0.15) is 10.2 Å². The Bertz CT molecular complexity index is 862. The van der Waals surface area contributed by atoms with Crippen molar-refractivity contribution in [3.8, 4) is 0 Å². The molecule has 0 bridgehead atoms. The first-order valence-electron chi connectivity index (χ1n) is 7.54. The van der Waals surface area contributed by atoms with Gasteiger partial charge in [0.15, 0.2) is 5.65 Å². The molecule has 120 valence electrons. The van der Waals surface area contributed by atoms with Crippen molar-refractivity contribution >= 4 is 22.8 Å². The number of aromatic nitrogens is 6.